The Balaban J connectivity index is 2.64. The number of hydrogen-bond donors (Lipinski definition) is 0. The van der Waals surface area contributed by atoms with E-state index in [2.05, 4.69) is 6.92 Å². The molecule has 0 spiro atoms. The molecule has 0 aliphatic heterocycles. The molecule has 0 bridgehead atoms. The van der Waals surface area contributed by atoms with E-state index in [4.69, 9.17) is 8.85 Å². The number of methoxy groups -OCH3 is 1. The van der Waals surface area contributed by atoms with Crippen molar-refractivity contribution in [2.75, 3.05) is 13.3 Å². The number of benzene rings is 1. The van der Waals surface area contributed by atoms with Crippen LogP contribution in [-0.2, 0) is 6.42 Å². The summed E-state index contributed by atoms with van der Waals surface area (Å²) in [7, 11) is 5.31. The van der Waals surface area contributed by atoms with Crippen LogP contribution in [0.4, 0.5) is 0 Å². The van der Waals surface area contributed by atoms with E-state index < -0.39 is 6.18 Å². The second kappa shape index (κ2) is 6.53. The molecule has 14 heavy (non-hydrogen) atoms. The number of hydrogen-bond acceptors (Lipinski definition) is 4. The van der Waals surface area contributed by atoms with Crippen LogP contribution in [0.5, 0.6) is 5.75 Å². The van der Waals surface area contributed by atoms with Gasteiger partial charge in [-0.1, -0.05) is 17.7 Å². The van der Waals surface area contributed by atoms with Crippen LogP contribution in [0.2, 0.25) is 0 Å². The summed E-state index contributed by atoms with van der Waals surface area (Å²) < 4.78 is 26.5. The minimum atomic E-state index is -1.95. The van der Waals surface area contributed by atoms with Crippen LogP contribution in [0.15, 0.2) is 23.1 Å². The fourth-order valence-corrected chi connectivity index (χ4v) is 3.41. The summed E-state index contributed by atoms with van der Waals surface area (Å²) in [4.78, 5) is 1.09. The lowest BCUT2D eigenvalue weighted by atomic mass is 10.1. The van der Waals surface area contributed by atoms with Gasteiger partial charge in [0.1, 0.15) is 5.75 Å². The molecule has 1 aromatic rings. The molecule has 1 aromatic carbocycles. The minimum absolute atomic E-state index is 0.833. The maximum absolute atomic E-state index is 7.10. The molecular weight excluding hydrogens is 232 g/mol. The highest BCUT2D eigenvalue weighted by molar-refractivity contribution is 9.09. The first-order valence-corrected chi connectivity index (χ1v) is 7.64. The third-order valence-electron chi connectivity index (χ3n) is 1.81. The standard InChI is InChI=1S/C10H14OS3/c1-4-8-7-9(11-2)5-6-10(8)13-14-12-3/h5-7H,4H2,1-3H3/i3D2H. The van der Waals surface area contributed by atoms with Gasteiger partial charge in [0, 0.05) is 9.01 Å². The van der Waals surface area contributed by atoms with Crippen molar-refractivity contribution in [3.63, 3.8) is 0 Å². The van der Waals surface area contributed by atoms with Crippen molar-refractivity contribution in [2.24, 2.45) is 0 Å². The zero-order valence-electron chi connectivity index (χ0n) is 11.1. The van der Waals surface area contributed by atoms with Crippen molar-refractivity contribution in [2.45, 2.75) is 18.2 Å². The Bertz CT molecular complexity index is 368. The minimum Gasteiger partial charge on any atom is -0.497 e. The van der Waals surface area contributed by atoms with Gasteiger partial charge in [-0.2, -0.15) is 0 Å². The predicted octanol–water partition coefficient (Wildman–Crippen LogP) is 4.28. The van der Waals surface area contributed by atoms with E-state index in [9.17, 15) is 0 Å². The second-order valence-electron chi connectivity index (χ2n) is 2.56. The SMILES string of the molecule is [1H]C([2H])([2H])SSSc1ccc(OC)cc1CC. The topological polar surface area (TPSA) is 9.23 Å². The van der Waals surface area contributed by atoms with E-state index in [-0.39, 0.29) is 0 Å². The molecule has 0 heterocycles. The van der Waals surface area contributed by atoms with Gasteiger partial charge in [0.15, 0.2) is 0 Å². The lowest BCUT2D eigenvalue weighted by molar-refractivity contribution is 0.414. The highest BCUT2D eigenvalue weighted by Crippen LogP contribution is 2.41. The summed E-state index contributed by atoms with van der Waals surface area (Å²) in [6.45, 7) is 2.07. The van der Waals surface area contributed by atoms with Gasteiger partial charge in [-0.15, -0.1) is 0 Å². The van der Waals surface area contributed by atoms with Crippen molar-refractivity contribution in [3.05, 3.63) is 23.8 Å². The number of aryl methyl sites for hydroxylation is 1. The molecular formula is C10H14OS3. The quantitative estimate of drug-likeness (QED) is 0.719. The first-order valence-electron chi connectivity index (χ1n) is 5.65. The summed E-state index contributed by atoms with van der Waals surface area (Å²) in [6.07, 6.45) is -1.05. The summed E-state index contributed by atoms with van der Waals surface area (Å²) in [6, 6.07) is 5.85. The molecule has 0 atom stereocenters. The number of rotatable bonds is 5. The largest absolute Gasteiger partial charge is 0.497 e. The first-order chi connectivity index (χ1) is 7.96. The Kier molecular flexibility index (Phi) is 3.85. The molecule has 0 saturated carbocycles. The van der Waals surface area contributed by atoms with Crippen LogP contribution in [0.25, 0.3) is 0 Å². The van der Waals surface area contributed by atoms with Gasteiger partial charge in [-0.3, -0.25) is 0 Å². The fraction of sp³-hybridized carbons (Fsp3) is 0.400. The summed E-state index contributed by atoms with van der Waals surface area (Å²) in [5, 5.41) is 0. The first kappa shape index (κ1) is 8.25. The lowest BCUT2D eigenvalue weighted by Gasteiger charge is -2.07. The van der Waals surface area contributed by atoms with Crippen molar-refractivity contribution in [1.29, 1.82) is 0 Å². The van der Waals surface area contributed by atoms with Crippen LogP contribution < -0.4 is 4.74 Å². The summed E-state index contributed by atoms with van der Waals surface area (Å²) in [5.41, 5.74) is 1.17. The zero-order chi connectivity index (χ0) is 12.9. The Morgan fingerprint density at radius 2 is 2.50 bits per heavy atom. The van der Waals surface area contributed by atoms with E-state index in [0.717, 1.165) is 27.9 Å². The molecule has 1 rings (SSSR count). The summed E-state index contributed by atoms with van der Waals surface area (Å²) in [5.74, 6) is 0.833. The average Bonchev–Trinajstić information content (AvgIpc) is 2.27. The molecule has 78 valence electrons. The molecule has 0 aliphatic carbocycles. The van der Waals surface area contributed by atoms with Gasteiger partial charge in [-0.25, -0.2) is 0 Å². The maximum atomic E-state index is 7.10. The highest BCUT2D eigenvalue weighted by Gasteiger charge is 2.03. The van der Waals surface area contributed by atoms with Crippen molar-refractivity contribution >= 4 is 31.4 Å². The molecule has 0 aliphatic rings. The van der Waals surface area contributed by atoms with Gasteiger partial charge >= 0.3 is 0 Å². The van der Waals surface area contributed by atoms with Gasteiger partial charge in [0.25, 0.3) is 0 Å². The Labute approximate surface area is 101 Å². The molecule has 0 radical (unpaired) electrons. The predicted molar refractivity (Wildman–Crippen MR) is 69.3 cm³/mol. The lowest BCUT2D eigenvalue weighted by Crippen LogP contribution is -1.88. The van der Waals surface area contributed by atoms with Crippen LogP contribution in [0, 0.1) is 0 Å². The van der Waals surface area contributed by atoms with E-state index in [1.165, 1.54) is 26.2 Å². The Morgan fingerprint density at radius 3 is 3.14 bits per heavy atom. The van der Waals surface area contributed by atoms with E-state index in [0.29, 0.717) is 0 Å². The second-order valence-corrected chi connectivity index (χ2v) is 6.10. The highest BCUT2D eigenvalue weighted by atomic mass is 33.5. The van der Waals surface area contributed by atoms with Gasteiger partial charge in [0.2, 0.25) is 0 Å². The van der Waals surface area contributed by atoms with Crippen LogP contribution in [0.3, 0.4) is 0 Å². The van der Waals surface area contributed by atoms with E-state index in [1.807, 2.05) is 18.2 Å². The molecule has 0 saturated heterocycles. The Morgan fingerprint density at radius 1 is 1.64 bits per heavy atom. The monoisotopic (exact) mass is 248 g/mol. The van der Waals surface area contributed by atoms with Gasteiger partial charge < -0.3 is 4.74 Å². The van der Waals surface area contributed by atoms with Crippen molar-refractivity contribution in [1.82, 2.24) is 0 Å². The molecule has 1 nitrogen and oxygen atoms in total. The fourth-order valence-electron chi connectivity index (χ4n) is 1.09. The zero-order valence-corrected chi connectivity index (χ0v) is 10.5. The average molecular weight is 248 g/mol. The smallest absolute Gasteiger partial charge is 0.119 e. The number of ether oxygens (including phenoxy) is 1. The van der Waals surface area contributed by atoms with Crippen molar-refractivity contribution < 1.29 is 8.85 Å². The van der Waals surface area contributed by atoms with Gasteiger partial charge in [0.05, 0.1) is 7.11 Å². The molecule has 0 aromatic heterocycles. The molecule has 0 fully saturated rings. The third-order valence-corrected chi connectivity index (χ3v) is 4.69. The molecule has 0 unspecified atom stereocenters. The van der Waals surface area contributed by atoms with E-state index >= 15 is 0 Å². The maximum Gasteiger partial charge on any atom is 0.119 e. The Hall–Kier alpha value is 0.0700. The van der Waals surface area contributed by atoms with Crippen LogP contribution in [-0.4, -0.2) is 13.3 Å². The summed E-state index contributed by atoms with van der Waals surface area (Å²) >= 11 is 0. The van der Waals surface area contributed by atoms with Gasteiger partial charge in [-0.05, 0) is 57.0 Å². The van der Waals surface area contributed by atoms with E-state index in [1.54, 1.807) is 7.11 Å². The normalized spacial score (nSPS) is 14.3. The molecule has 0 amide bonds. The molecule has 4 heteroatoms. The van der Waals surface area contributed by atoms with Crippen LogP contribution >= 0.6 is 31.4 Å². The molecule has 0 N–H and O–H groups in total. The third kappa shape index (κ3) is 3.33. The van der Waals surface area contributed by atoms with Crippen molar-refractivity contribution in [3.8, 4) is 5.75 Å². The van der Waals surface area contributed by atoms with Crippen LogP contribution in [0.1, 0.15) is 16.6 Å².